The van der Waals surface area contributed by atoms with Gasteiger partial charge in [0.1, 0.15) is 0 Å². The normalized spacial score (nSPS) is 24.3. The molecule has 86 valence electrons. The Balaban J connectivity index is 1.89. The Labute approximate surface area is 96.2 Å². The summed E-state index contributed by atoms with van der Waals surface area (Å²) >= 11 is 0. The smallest absolute Gasteiger partial charge is 0.240 e. The largest absolute Gasteiger partial charge is 0.350 e. The third kappa shape index (κ3) is 2.42. The van der Waals surface area contributed by atoms with E-state index in [1.807, 2.05) is 37.3 Å². The van der Waals surface area contributed by atoms with Gasteiger partial charge in [-0.2, -0.15) is 0 Å². The molecule has 2 rings (SSSR count). The molecule has 3 nitrogen and oxygen atoms in total. The Morgan fingerprint density at radius 3 is 2.81 bits per heavy atom. The zero-order chi connectivity index (χ0) is 11.4. The summed E-state index contributed by atoms with van der Waals surface area (Å²) in [5.41, 5.74) is 0.770. The molecule has 1 atom stereocenters. The molecular weight excluding hydrogens is 200 g/mol. The lowest BCUT2D eigenvalue weighted by molar-refractivity contribution is -0.126. The fourth-order valence-corrected chi connectivity index (χ4v) is 2.06. The number of hydrogen-bond acceptors (Lipinski definition) is 2. The van der Waals surface area contributed by atoms with Crippen LogP contribution in [-0.4, -0.2) is 18.0 Å². The summed E-state index contributed by atoms with van der Waals surface area (Å²) in [6.07, 6.45) is 2.00. The van der Waals surface area contributed by atoms with Crippen molar-refractivity contribution in [2.24, 2.45) is 0 Å². The number of hydrogen-bond donors (Lipinski definition) is 2. The van der Waals surface area contributed by atoms with Crippen LogP contribution in [0.4, 0.5) is 0 Å². The number of carbonyl (C=O) groups is 1. The maximum Gasteiger partial charge on any atom is 0.240 e. The van der Waals surface area contributed by atoms with Crippen LogP contribution in [0.25, 0.3) is 0 Å². The fourth-order valence-electron chi connectivity index (χ4n) is 2.06. The van der Waals surface area contributed by atoms with Gasteiger partial charge in [0.25, 0.3) is 0 Å². The first-order valence-electron chi connectivity index (χ1n) is 5.78. The molecule has 0 bridgehead atoms. The van der Waals surface area contributed by atoms with Crippen molar-refractivity contribution in [1.82, 2.24) is 10.6 Å². The van der Waals surface area contributed by atoms with Crippen molar-refractivity contribution in [2.75, 3.05) is 6.54 Å². The summed E-state index contributed by atoms with van der Waals surface area (Å²) in [4.78, 5) is 12.0. The minimum absolute atomic E-state index is 0.105. The average molecular weight is 218 g/mol. The van der Waals surface area contributed by atoms with Crippen molar-refractivity contribution in [2.45, 2.75) is 31.8 Å². The third-order valence-corrected chi connectivity index (χ3v) is 3.17. The van der Waals surface area contributed by atoms with E-state index in [2.05, 4.69) is 10.6 Å². The second-order valence-electron chi connectivity index (χ2n) is 4.53. The molecule has 0 aromatic heterocycles. The molecule has 1 saturated heterocycles. The fraction of sp³-hybridized carbons (Fsp3) is 0.462. The zero-order valence-corrected chi connectivity index (χ0v) is 9.62. The number of rotatable bonds is 3. The van der Waals surface area contributed by atoms with E-state index in [-0.39, 0.29) is 11.4 Å². The second kappa shape index (κ2) is 4.66. The second-order valence-corrected chi connectivity index (χ2v) is 4.53. The molecule has 16 heavy (non-hydrogen) atoms. The zero-order valence-electron chi connectivity index (χ0n) is 9.62. The molecule has 0 saturated carbocycles. The monoisotopic (exact) mass is 218 g/mol. The summed E-state index contributed by atoms with van der Waals surface area (Å²) in [6, 6.07) is 9.98. The highest BCUT2D eigenvalue weighted by Crippen LogP contribution is 2.18. The molecule has 1 aliphatic heterocycles. The van der Waals surface area contributed by atoms with Crippen molar-refractivity contribution in [3.63, 3.8) is 0 Å². The first-order chi connectivity index (χ1) is 7.71. The van der Waals surface area contributed by atoms with E-state index >= 15 is 0 Å². The van der Waals surface area contributed by atoms with Crippen LogP contribution in [0.2, 0.25) is 0 Å². The van der Waals surface area contributed by atoms with E-state index in [4.69, 9.17) is 0 Å². The van der Waals surface area contributed by atoms with E-state index in [1.165, 1.54) is 0 Å². The Hall–Kier alpha value is -1.35. The van der Waals surface area contributed by atoms with Crippen molar-refractivity contribution in [1.29, 1.82) is 0 Å². The molecule has 0 radical (unpaired) electrons. The average Bonchev–Trinajstić information content (AvgIpc) is 2.76. The van der Waals surface area contributed by atoms with Gasteiger partial charge in [-0.15, -0.1) is 0 Å². The quantitative estimate of drug-likeness (QED) is 0.806. The summed E-state index contributed by atoms with van der Waals surface area (Å²) in [7, 11) is 0. The summed E-state index contributed by atoms with van der Waals surface area (Å²) in [5, 5.41) is 6.24. The predicted octanol–water partition coefficient (Wildman–Crippen LogP) is 1.44. The molecule has 0 spiro atoms. The molecule has 1 aliphatic rings. The Morgan fingerprint density at radius 1 is 1.44 bits per heavy atom. The number of nitrogens with one attached hydrogen (secondary N) is 2. The van der Waals surface area contributed by atoms with E-state index < -0.39 is 0 Å². The van der Waals surface area contributed by atoms with Crippen LogP contribution in [-0.2, 0) is 11.3 Å². The standard InChI is InChI=1S/C13H18N2O/c1-13(8-5-9-15-13)12(16)14-10-11-6-3-2-4-7-11/h2-4,6-7,15H,5,8-10H2,1H3,(H,14,16). The Bertz CT molecular complexity index is 355. The van der Waals surface area contributed by atoms with Gasteiger partial charge in [0.15, 0.2) is 0 Å². The lowest BCUT2D eigenvalue weighted by Gasteiger charge is -2.23. The highest BCUT2D eigenvalue weighted by Gasteiger charge is 2.35. The van der Waals surface area contributed by atoms with E-state index in [0.717, 1.165) is 24.9 Å². The van der Waals surface area contributed by atoms with Gasteiger partial charge in [0.05, 0.1) is 5.54 Å². The molecule has 3 heteroatoms. The van der Waals surface area contributed by atoms with Gasteiger partial charge in [0, 0.05) is 6.54 Å². The van der Waals surface area contributed by atoms with Crippen LogP contribution in [0.5, 0.6) is 0 Å². The van der Waals surface area contributed by atoms with Crippen molar-refractivity contribution < 1.29 is 4.79 Å². The molecule has 0 aliphatic carbocycles. The maximum absolute atomic E-state index is 12.0. The molecule has 2 N–H and O–H groups in total. The lowest BCUT2D eigenvalue weighted by Crippen LogP contribution is -2.50. The van der Waals surface area contributed by atoms with Gasteiger partial charge in [-0.3, -0.25) is 4.79 Å². The summed E-state index contributed by atoms with van der Waals surface area (Å²) in [5.74, 6) is 0.105. The highest BCUT2D eigenvalue weighted by atomic mass is 16.2. The number of carbonyl (C=O) groups excluding carboxylic acids is 1. The number of amides is 1. The van der Waals surface area contributed by atoms with E-state index in [1.54, 1.807) is 0 Å². The van der Waals surface area contributed by atoms with Gasteiger partial charge in [-0.1, -0.05) is 30.3 Å². The number of benzene rings is 1. The maximum atomic E-state index is 12.0. The third-order valence-electron chi connectivity index (χ3n) is 3.17. The minimum atomic E-state index is -0.366. The molecule has 1 aromatic carbocycles. The SMILES string of the molecule is CC1(C(=O)NCc2ccccc2)CCCN1. The topological polar surface area (TPSA) is 41.1 Å². The van der Waals surface area contributed by atoms with Gasteiger partial charge in [-0.05, 0) is 31.9 Å². The molecule has 1 unspecified atom stereocenters. The van der Waals surface area contributed by atoms with Crippen molar-refractivity contribution >= 4 is 5.91 Å². The Kier molecular flexibility index (Phi) is 3.25. The van der Waals surface area contributed by atoms with E-state index in [0.29, 0.717) is 6.54 Å². The summed E-state index contributed by atoms with van der Waals surface area (Å²) < 4.78 is 0. The molecule has 1 amide bonds. The molecule has 1 fully saturated rings. The molecular formula is C13H18N2O. The van der Waals surface area contributed by atoms with Gasteiger partial charge < -0.3 is 10.6 Å². The van der Waals surface area contributed by atoms with Crippen LogP contribution in [0.1, 0.15) is 25.3 Å². The van der Waals surface area contributed by atoms with Crippen LogP contribution in [0, 0.1) is 0 Å². The minimum Gasteiger partial charge on any atom is -0.350 e. The first-order valence-corrected chi connectivity index (χ1v) is 5.78. The highest BCUT2D eigenvalue weighted by molar-refractivity contribution is 5.86. The van der Waals surface area contributed by atoms with Crippen molar-refractivity contribution in [3.05, 3.63) is 35.9 Å². The molecule has 1 aromatic rings. The first kappa shape index (κ1) is 11.1. The van der Waals surface area contributed by atoms with Gasteiger partial charge >= 0.3 is 0 Å². The Morgan fingerprint density at radius 2 is 2.19 bits per heavy atom. The lowest BCUT2D eigenvalue weighted by atomic mass is 9.99. The van der Waals surface area contributed by atoms with Gasteiger partial charge in [-0.25, -0.2) is 0 Å². The van der Waals surface area contributed by atoms with Crippen LogP contribution in [0.15, 0.2) is 30.3 Å². The van der Waals surface area contributed by atoms with E-state index in [9.17, 15) is 4.79 Å². The van der Waals surface area contributed by atoms with Crippen LogP contribution < -0.4 is 10.6 Å². The summed E-state index contributed by atoms with van der Waals surface area (Å²) in [6.45, 7) is 3.52. The van der Waals surface area contributed by atoms with Crippen LogP contribution >= 0.6 is 0 Å². The molecule has 1 heterocycles. The van der Waals surface area contributed by atoms with Crippen molar-refractivity contribution in [3.8, 4) is 0 Å². The van der Waals surface area contributed by atoms with Gasteiger partial charge in [0.2, 0.25) is 5.91 Å². The van der Waals surface area contributed by atoms with Crippen LogP contribution in [0.3, 0.4) is 0 Å². The predicted molar refractivity (Wildman–Crippen MR) is 63.9 cm³/mol.